The summed E-state index contributed by atoms with van der Waals surface area (Å²) >= 11 is 1.63. The lowest BCUT2D eigenvalue weighted by molar-refractivity contribution is 0.102. The summed E-state index contributed by atoms with van der Waals surface area (Å²) in [5.41, 5.74) is 3.98. The molecule has 0 amide bonds. The molecule has 114 valence electrons. The molecule has 0 radical (unpaired) electrons. The second kappa shape index (κ2) is 5.54. The van der Waals surface area contributed by atoms with Crippen LogP contribution in [0.3, 0.4) is 0 Å². The van der Waals surface area contributed by atoms with E-state index >= 15 is 0 Å². The molecule has 1 saturated carbocycles. The summed E-state index contributed by atoms with van der Waals surface area (Å²) in [5, 5.41) is 0. The SMILES string of the molecule is CC(=O)c1cc2c(s1)-c1ccc(OC3CCCC3)cc1CC2. The molecule has 0 N–H and O–H groups in total. The summed E-state index contributed by atoms with van der Waals surface area (Å²) in [4.78, 5) is 13.8. The van der Waals surface area contributed by atoms with Crippen molar-refractivity contribution < 1.29 is 9.53 Å². The smallest absolute Gasteiger partial charge is 0.169 e. The van der Waals surface area contributed by atoms with Gasteiger partial charge in [0.25, 0.3) is 0 Å². The van der Waals surface area contributed by atoms with Crippen LogP contribution < -0.4 is 4.74 Å². The summed E-state index contributed by atoms with van der Waals surface area (Å²) < 4.78 is 6.12. The number of carbonyl (C=O) groups is 1. The van der Waals surface area contributed by atoms with Crippen molar-refractivity contribution in [3.63, 3.8) is 0 Å². The third-order valence-electron chi connectivity index (χ3n) is 4.75. The Balaban J connectivity index is 1.65. The maximum atomic E-state index is 11.6. The van der Waals surface area contributed by atoms with Crippen LogP contribution in [0.2, 0.25) is 0 Å². The van der Waals surface area contributed by atoms with Gasteiger partial charge in [-0.2, -0.15) is 0 Å². The Hall–Kier alpha value is -1.61. The highest BCUT2D eigenvalue weighted by Gasteiger charge is 2.22. The first-order chi connectivity index (χ1) is 10.7. The number of hydrogen-bond donors (Lipinski definition) is 0. The first kappa shape index (κ1) is 14.0. The van der Waals surface area contributed by atoms with Gasteiger partial charge in [-0.1, -0.05) is 0 Å². The Morgan fingerprint density at radius 2 is 1.91 bits per heavy atom. The number of benzene rings is 1. The molecule has 22 heavy (non-hydrogen) atoms. The van der Waals surface area contributed by atoms with Gasteiger partial charge < -0.3 is 4.74 Å². The summed E-state index contributed by atoms with van der Waals surface area (Å²) in [6, 6.07) is 8.56. The van der Waals surface area contributed by atoms with E-state index in [4.69, 9.17) is 4.74 Å². The fourth-order valence-corrected chi connectivity index (χ4v) is 4.72. The normalized spacial score (nSPS) is 17.1. The van der Waals surface area contributed by atoms with Crippen molar-refractivity contribution in [3.05, 3.63) is 40.3 Å². The lowest BCUT2D eigenvalue weighted by atomic mass is 9.91. The van der Waals surface area contributed by atoms with Gasteiger partial charge in [0, 0.05) is 4.88 Å². The van der Waals surface area contributed by atoms with Crippen LogP contribution in [0.1, 0.15) is 53.4 Å². The number of Topliss-reactive ketones (excluding diaryl/α,β-unsaturated/α-hetero) is 1. The summed E-state index contributed by atoms with van der Waals surface area (Å²) in [6.07, 6.45) is 7.44. The van der Waals surface area contributed by atoms with Gasteiger partial charge in [0.1, 0.15) is 5.75 Å². The van der Waals surface area contributed by atoms with Crippen LogP contribution in [0.5, 0.6) is 5.75 Å². The second-order valence-corrected chi connectivity index (χ2v) is 7.42. The quantitative estimate of drug-likeness (QED) is 0.742. The van der Waals surface area contributed by atoms with Crippen molar-refractivity contribution in [2.24, 2.45) is 0 Å². The molecule has 2 nitrogen and oxygen atoms in total. The van der Waals surface area contributed by atoms with E-state index in [-0.39, 0.29) is 5.78 Å². The number of hydrogen-bond acceptors (Lipinski definition) is 3. The van der Waals surface area contributed by atoms with Gasteiger partial charge in [0.2, 0.25) is 0 Å². The van der Waals surface area contributed by atoms with Crippen molar-refractivity contribution >= 4 is 17.1 Å². The van der Waals surface area contributed by atoms with Gasteiger partial charge in [-0.25, -0.2) is 0 Å². The lowest BCUT2D eigenvalue weighted by Crippen LogP contribution is -2.11. The molecule has 0 saturated heterocycles. The standard InChI is InChI=1S/C19H20O2S/c1-12(20)18-11-14-7-6-13-10-16(21-15-4-2-3-5-15)8-9-17(13)19(14)22-18/h8-11,15H,2-7H2,1H3. The highest BCUT2D eigenvalue weighted by atomic mass is 32.1. The van der Waals surface area contributed by atoms with Gasteiger partial charge in [-0.05, 0) is 86.4 Å². The molecule has 1 heterocycles. The molecule has 3 heteroatoms. The molecule has 2 aromatic rings. The van der Waals surface area contributed by atoms with Crippen molar-refractivity contribution in [1.29, 1.82) is 0 Å². The third-order valence-corrected chi connectivity index (χ3v) is 6.06. The zero-order chi connectivity index (χ0) is 15.1. The minimum Gasteiger partial charge on any atom is -0.490 e. The van der Waals surface area contributed by atoms with E-state index in [0.29, 0.717) is 6.10 Å². The molecule has 4 rings (SSSR count). The Bertz CT molecular complexity index is 723. The van der Waals surface area contributed by atoms with E-state index in [0.717, 1.165) is 23.5 Å². The summed E-state index contributed by atoms with van der Waals surface area (Å²) in [5.74, 6) is 1.18. The second-order valence-electron chi connectivity index (χ2n) is 6.36. The molecule has 2 aliphatic rings. The van der Waals surface area contributed by atoms with Gasteiger partial charge >= 0.3 is 0 Å². The van der Waals surface area contributed by atoms with Crippen LogP contribution in [-0.4, -0.2) is 11.9 Å². The van der Waals surface area contributed by atoms with Crippen molar-refractivity contribution in [2.45, 2.75) is 51.6 Å². The van der Waals surface area contributed by atoms with Gasteiger partial charge in [0.05, 0.1) is 11.0 Å². The molecule has 0 aliphatic heterocycles. The van der Waals surface area contributed by atoms with Crippen LogP contribution in [0.25, 0.3) is 10.4 Å². The van der Waals surface area contributed by atoms with Crippen LogP contribution >= 0.6 is 11.3 Å². The van der Waals surface area contributed by atoms with Gasteiger partial charge in [0.15, 0.2) is 5.78 Å². The van der Waals surface area contributed by atoms with Crippen LogP contribution in [0.4, 0.5) is 0 Å². The first-order valence-electron chi connectivity index (χ1n) is 8.14. The molecular formula is C19H20O2S. The van der Waals surface area contributed by atoms with E-state index < -0.39 is 0 Å². The number of fused-ring (bicyclic) bond motifs is 3. The molecule has 0 atom stereocenters. The van der Waals surface area contributed by atoms with Crippen LogP contribution in [-0.2, 0) is 12.8 Å². The van der Waals surface area contributed by atoms with Crippen molar-refractivity contribution in [1.82, 2.24) is 0 Å². The number of ether oxygens (including phenoxy) is 1. The Morgan fingerprint density at radius 1 is 1.14 bits per heavy atom. The largest absolute Gasteiger partial charge is 0.490 e. The number of thiophene rings is 1. The average molecular weight is 312 g/mol. The van der Waals surface area contributed by atoms with Crippen molar-refractivity contribution in [2.75, 3.05) is 0 Å². The third kappa shape index (κ3) is 2.48. The molecule has 1 aromatic heterocycles. The Morgan fingerprint density at radius 3 is 2.68 bits per heavy atom. The molecule has 2 aliphatic carbocycles. The first-order valence-corrected chi connectivity index (χ1v) is 8.96. The number of aryl methyl sites for hydroxylation is 2. The predicted octanol–water partition coefficient (Wildman–Crippen LogP) is 5.04. The maximum Gasteiger partial charge on any atom is 0.169 e. The Kier molecular flexibility index (Phi) is 3.53. The highest BCUT2D eigenvalue weighted by Crippen LogP contribution is 2.41. The summed E-state index contributed by atoms with van der Waals surface area (Å²) in [7, 11) is 0. The highest BCUT2D eigenvalue weighted by molar-refractivity contribution is 7.17. The van der Waals surface area contributed by atoms with E-state index in [2.05, 4.69) is 24.3 Å². The average Bonchev–Trinajstić information content (AvgIpc) is 3.15. The van der Waals surface area contributed by atoms with Crippen molar-refractivity contribution in [3.8, 4) is 16.2 Å². The number of rotatable bonds is 3. The minimum atomic E-state index is 0.169. The topological polar surface area (TPSA) is 26.3 Å². The molecular weight excluding hydrogens is 292 g/mol. The van der Waals surface area contributed by atoms with E-state index in [9.17, 15) is 4.79 Å². The number of carbonyl (C=O) groups excluding carboxylic acids is 1. The van der Waals surface area contributed by atoms with Gasteiger partial charge in [-0.3, -0.25) is 4.79 Å². The molecule has 0 spiro atoms. The monoisotopic (exact) mass is 312 g/mol. The maximum absolute atomic E-state index is 11.6. The summed E-state index contributed by atoms with van der Waals surface area (Å²) in [6.45, 7) is 1.65. The van der Waals surface area contributed by atoms with Gasteiger partial charge in [-0.15, -0.1) is 11.3 Å². The van der Waals surface area contributed by atoms with E-state index in [1.165, 1.54) is 47.3 Å². The zero-order valence-corrected chi connectivity index (χ0v) is 13.7. The fraction of sp³-hybridized carbons (Fsp3) is 0.421. The molecule has 0 unspecified atom stereocenters. The zero-order valence-electron chi connectivity index (χ0n) is 12.9. The van der Waals surface area contributed by atoms with Crippen LogP contribution in [0.15, 0.2) is 24.3 Å². The molecule has 1 fully saturated rings. The van der Waals surface area contributed by atoms with Crippen LogP contribution in [0, 0.1) is 0 Å². The predicted molar refractivity (Wildman–Crippen MR) is 90.1 cm³/mol. The lowest BCUT2D eigenvalue weighted by Gasteiger charge is -2.19. The molecule has 0 bridgehead atoms. The van der Waals surface area contributed by atoms with E-state index in [1.54, 1.807) is 18.3 Å². The Labute approximate surface area is 135 Å². The fourth-order valence-electron chi connectivity index (χ4n) is 3.56. The number of ketones is 1. The molecule has 1 aromatic carbocycles. The van der Waals surface area contributed by atoms with E-state index in [1.807, 2.05) is 0 Å². The minimum absolute atomic E-state index is 0.169.